The Hall–Kier alpha value is -2.34. The van der Waals surface area contributed by atoms with Crippen LogP contribution in [0.5, 0.6) is 0 Å². The summed E-state index contributed by atoms with van der Waals surface area (Å²) in [5.74, 6) is 0.284. The summed E-state index contributed by atoms with van der Waals surface area (Å²) in [4.78, 5) is 22.8. The number of nitrogens with one attached hydrogen (secondary N) is 1. The van der Waals surface area contributed by atoms with Crippen molar-refractivity contribution in [2.45, 2.75) is 6.04 Å². The van der Waals surface area contributed by atoms with Gasteiger partial charge in [0.05, 0.1) is 12.2 Å². The number of hydrogen-bond acceptors (Lipinski definition) is 4. The van der Waals surface area contributed by atoms with Crippen molar-refractivity contribution in [2.75, 3.05) is 19.6 Å². The summed E-state index contributed by atoms with van der Waals surface area (Å²) in [5, 5.41) is 3.38. The van der Waals surface area contributed by atoms with Crippen molar-refractivity contribution in [2.24, 2.45) is 11.8 Å². The van der Waals surface area contributed by atoms with Gasteiger partial charge in [0.1, 0.15) is 11.5 Å². The second-order valence-corrected chi connectivity index (χ2v) is 6.13. The van der Waals surface area contributed by atoms with E-state index in [2.05, 4.69) is 15.3 Å². The van der Waals surface area contributed by atoms with Crippen LogP contribution >= 0.6 is 0 Å². The van der Waals surface area contributed by atoms with Gasteiger partial charge >= 0.3 is 0 Å². The molecule has 2 aliphatic heterocycles. The Balaban J connectivity index is 1.71. The zero-order valence-corrected chi connectivity index (χ0v) is 12.5. The fourth-order valence-corrected chi connectivity index (χ4v) is 3.80. The lowest BCUT2D eigenvalue weighted by Gasteiger charge is -2.28. The van der Waals surface area contributed by atoms with Gasteiger partial charge in [-0.25, -0.2) is 9.37 Å². The van der Waals surface area contributed by atoms with Crippen LogP contribution in [0.25, 0.3) is 0 Å². The van der Waals surface area contributed by atoms with Gasteiger partial charge in [-0.3, -0.25) is 9.78 Å². The quantitative estimate of drug-likeness (QED) is 0.916. The SMILES string of the molecule is O=C(c1cnccn1)N1C[C@@H]2CNC[C@@H]2[C@@H]1c1cccc(F)c1. The zero-order chi connectivity index (χ0) is 15.8. The molecule has 0 spiro atoms. The molecule has 2 aromatic rings. The van der Waals surface area contributed by atoms with Crippen molar-refractivity contribution in [3.05, 3.63) is 59.9 Å². The predicted octanol–water partition coefficient (Wildman–Crippen LogP) is 1.65. The van der Waals surface area contributed by atoms with Crippen LogP contribution in [-0.2, 0) is 0 Å². The number of likely N-dealkylation sites (tertiary alicyclic amines) is 1. The number of fused-ring (bicyclic) bond motifs is 1. The summed E-state index contributed by atoms with van der Waals surface area (Å²) in [7, 11) is 0. The summed E-state index contributed by atoms with van der Waals surface area (Å²) in [6.07, 6.45) is 4.55. The van der Waals surface area contributed by atoms with E-state index in [4.69, 9.17) is 0 Å². The fraction of sp³-hybridized carbons (Fsp3) is 0.353. The smallest absolute Gasteiger partial charge is 0.274 e. The number of nitrogens with zero attached hydrogens (tertiary/aromatic N) is 3. The third-order valence-electron chi connectivity index (χ3n) is 4.80. The van der Waals surface area contributed by atoms with Crippen LogP contribution in [-0.4, -0.2) is 40.4 Å². The van der Waals surface area contributed by atoms with E-state index in [1.165, 1.54) is 24.5 Å². The maximum absolute atomic E-state index is 13.7. The molecule has 23 heavy (non-hydrogen) atoms. The molecule has 5 nitrogen and oxygen atoms in total. The first-order valence-electron chi connectivity index (χ1n) is 7.77. The first-order valence-corrected chi connectivity index (χ1v) is 7.77. The normalized spacial score (nSPS) is 26.3. The van der Waals surface area contributed by atoms with Crippen LogP contribution in [0.15, 0.2) is 42.9 Å². The standard InChI is InChI=1S/C17H17FN4O/c18-13-3-1-2-11(6-13)16-14-8-20-7-12(14)10-22(16)17(23)15-9-19-4-5-21-15/h1-6,9,12,14,16,20H,7-8,10H2/t12-,14-,16-/m0/s1. The maximum Gasteiger partial charge on any atom is 0.274 e. The molecule has 1 aromatic heterocycles. The van der Waals surface area contributed by atoms with Gasteiger partial charge < -0.3 is 10.2 Å². The van der Waals surface area contributed by atoms with E-state index < -0.39 is 0 Å². The fourth-order valence-electron chi connectivity index (χ4n) is 3.80. The molecule has 0 radical (unpaired) electrons. The molecule has 1 aromatic carbocycles. The highest BCUT2D eigenvalue weighted by Crippen LogP contribution is 2.43. The molecule has 0 aliphatic carbocycles. The minimum atomic E-state index is -0.274. The predicted molar refractivity (Wildman–Crippen MR) is 82.1 cm³/mol. The average molecular weight is 312 g/mol. The van der Waals surface area contributed by atoms with Gasteiger partial charge in [-0.05, 0) is 23.6 Å². The molecular formula is C17H17FN4O. The molecule has 3 heterocycles. The highest BCUT2D eigenvalue weighted by atomic mass is 19.1. The summed E-state index contributed by atoms with van der Waals surface area (Å²) in [5.41, 5.74) is 1.18. The van der Waals surface area contributed by atoms with Gasteiger partial charge in [0.25, 0.3) is 5.91 Å². The Morgan fingerprint density at radius 3 is 3.00 bits per heavy atom. The van der Waals surface area contributed by atoms with Gasteiger partial charge in [0.2, 0.25) is 0 Å². The van der Waals surface area contributed by atoms with Gasteiger partial charge in [-0.15, -0.1) is 0 Å². The lowest BCUT2D eigenvalue weighted by Crippen LogP contribution is -2.35. The number of amides is 1. The van der Waals surface area contributed by atoms with E-state index in [1.807, 2.05) is 11.0 Å². The molecule has 2 aliphatic rings. The van der Waals surface area contributed by atoms with Crippen LogP contribution in [0.4, 0.5) is 4.39 Å². The average Bonchev–Trinajstić information content (AvgIpc) is 3.15. The van der Waals surface area contributed by atoms with Gasteiger partial charge in [0, 0.05) is 37.9 Å². The topological polar surface area (TPSA) is 58.1 Å². The van der Waals surface area contributed by atoms with E-state index in [-0.39, 0.29) is 17.8 Å². The highest BCUT2D eigenvalue weighted by molar-refractivity contribution is 5.92. The first-order chi connectivity index (χ1) is 11.2. The van der Waals surface area contributed by atoms with Crippen LogP contribution in [0.3, 0.4) is 0 Å². The Kier molecular flexibility index (Phi) is 3.53. The summed E-state index contributed by atoms with van der Waals surface area (Å²) < 4.78 is 13.7. The monoisotopic (exact) mass is 312 g/mol. The van der Waals surface area contributed by atoms with E-state index in [1.54, 1.807) is 12.3 Å². The number of hydrogen-bond donors (Lipinski definition) is 1. The van der Waals surface area contributed by atoms with Gasteiger partial charge in [-0.2, -0.15) is 0 Å². The molecule has 0 bridgehead atoms. The second kappa shape index (κ2) is 5.70. The number of carbonyl (C=O) groups excluding carboxylic acids is 1. The Bertz CT molecular complexity index is 724. The van der Waals surface area contributed by atoms with Crippen LogP contribution < -0.4 is 5.32 Å². The van der Waals surface area contributed by atoms with Crippen molar-refractivity contribution >= 4 is 5.91 Å². The number of aromatic nitrogens is 2. The maximum atomic E-state index is 13.7. The lowest BCUT2D eigenvalue weighted by atomic mass is 9.89. The molecular weight excluding hydrogens is 295 g/mol. The molecule has 2 saturated heterocycles. The van der Waals surface area contributed by atoms with Crippen LogP contribution in [0, 0.1) is 17.7 Å². The van der Waals surface area contributed by atoms with E-state index >= 15 is 0 Å². The van der Waals surface area contributed by atoms with Crippen molar-refractivity contribution in [3.63, 3.8) is 0 Å². The first kappa shape index (κ1) is 14.3. The van der Waals surface area contributed by atoms with Gasteiger partial charge in [0.15, 0.2) is 0 Å². The molecule has 118 valence electrons. The summed E-state index contributed by atoms with van der Waals surface area (Å²) in [6, 6.07) is 6.43. The molecule has 2 fully saturated rings. The molecule has 3 atom stereocenters. The molecule has 0 unspecified atom stereocenters. The summed E-state index contributed by atoms with van der Waals surface area (Å²) >= 11 is 0. The molecule has 1 amide bonds. The Morgan fingerprint density at radius 1 is 1.30 bits per heavy atom. The number of halogens is 1. The number of rotatable bonds is 2. The molecule has 1 N–H and O–H groups in total. The van der Waals surface area contributed by atoms with Gasteiger partial charge in [-0.1, -0.05) is 12.1 Å². The third-order valence-corrected chi connectivity index (χ3v) is 4.80. The van der Waals surface area contributed by atoms with E-state index in [9.17, 15) is 9.18 Å². The minimum absolute atomic E-state index is 0.125. The zero-order valence-electron chi connectivity index (χ0n) is 12.5. The molecule has 6 heteroatoms. The molecule has 4 rings (SSSR count). The van der Waals surface area contributed by atoms with E-state index in [0.717, 1.165) is 18.7 Å². The Labute approximate surface area is 133 Å². The highest BCUT2D eigenvalue weighted by Gasteiger charge is 2.47. The minimum Gasteiger partial charge on any atom is -0.330 e. The number of carbonyl (C=O) groups is 1. The van der Waals surface area contributed by atoms with Crippen molar-refractivity contribution in [1.29, 1.82) is 0 Å². The van der Waals surface area contributed by atoms with Crippen LogP contribution in [0.1, 0.15) is 22.1 Å². The van der Waals surface area contributed by atoms with Crippen LogP contribution in [0.2, 0.25) is 0 Å². The second-order valence-electron chi connectivity index (χ2n) is 6.13. The third kappa shape index (κ3) is 2.49. The molecule has 0 saturated carbocycles. The van der Waals surface area contributed by atoms with Crippen molar-refractivity contribution < 1.29 is 9.18 Å². The van der Waals surface area contributed by atoms with Crippen molar-refractivity contribution in [3.8, 4) is 0 Å². The van der Waals surface area contributed by atoms with E-state index in [0.29, 0.717) is 24.1 Å². The largest absolute Gasteiger partial charge is 0.330 e. The summed E-state index contributed by atoms with van der Waals surface area (Å²) in [6.45, 7) is 2.39. The number of benzene rings is 1. The lowest BCUT2D eigenvalue weighted by molar-refractivity contribution is 0.0707. The van der Waals surface area contributed by atoms with Crippen molar-refractivity contribution in [1.82, 2.24) is 20.2 Å². The Morgan fingerprint density at radius 2 is 2.22 bits per heavy atom.